The Morgan fingerprint density at radius 3 is 1.55 bits per heavy atom. The third-order valence-corrected chi connectivity index (χ3v) is 15.4. The minimum atomic E-state index is -5.80. The molecule has 2 aliphatic rings. The summed E-state index contributed by atoms with van der Waals surface area (Å²) >= 11 is 0. The maximum atomic E-state index is 14.4. The Balaban J connectivity index is 0.000000365. The smallest absolute Gasteiger partial charge is 0.383 e. The van der Waals surface area contributed by atoms with Crippen molar-refractivity contribution in [3.8, 4) is 0 Å². The molecule has 8 unspecified atom stereocenters. The zero-order valence-electron chi connectivity index (χ0n) is 34.4. The average molecular weight is 1120 g/mol. The summed E-state index contributed by atoms with van der Waals surface area (Å²) in [6.45, 7) is 0.750. The Bertz CT molecular complexity index is 2770. The lowest BCUT2D eigenvalue weighted by Gasteiger charge is -2.24. The van der Waals surface area contributed by atoms with Crippen molar-refractivity contribution in [2.24, 2.45) is 10.2 Å². The maximum Gasteiger partial charge on any atom is 0.490 e. The highest BCUT2D eigenvalue weighted by molar-refractivity contribution is 7.67. The fourth-order valence-electron chi connectivity index (χ4n) is 5.44. The summed E-state index contributed by atoms with van der Waals surface area (Å²) in [5.41, 5.74) is 19.9. The molecule has 2 aromatic heterocycles. The zero-order valence-corrected chi connectivity index (χ0v) is 39.8. The van der Waals surface area contributed by atoms with Crippen LogP contribution in [0.1, 0.15) is 44.7 Å². The van der Waals surface area contributed by atoms with Gasteiger partial charge in [-0.15, -0.1) is 0 Å². The quantitative estimate of drug-likeness (QED) is 0.0263. The first-order valence-corrected chi connectivity index (χ1v) is 26.7. The van der Waals surface area contributed by atoms with Crippen molar-refractivity contribution in [1.82, 2.24) is 19.1 Å². The maximum absolute atomic E-state index is 14.4. The van der Waals surface area contributed by atoms with Gasteiger partial charge < -0.3 is 63.8 Å². The highest BCUT2D eigenvalue weighted by Gasteiger charge is 2.47. The van der Waals surface area contributed by atoms with Crippen LogP contribution in [0.3, 0.4) is 0 Å². The second kappa shape index (κ2) is 22.9. The normalized spacial score (nSPS) is 25.9. The van der Waals surface area contributed by atoms with Crippen LogP contribution in [0.4, 0.5) is 14.6 Å². The number of halogens is 2. The van der Waals surface area contributed by atoms with E-state index in [1.165, 1.54) is 19.2 Å². The molecule has 0 bridgehead atoms. The Kier molecular flexibility index (Phi) is 19.9. The standard InChI is InChI=1S/C12H19FN5O14P3.C11H18FN6O13P3/c1-6-4-18(11(20)15-10(6)19)9-3-7(30-12(2,13)16-17-14)8(29-9)5-28-34(24,25)32-35(26,27)31-33(21,22)23;1-11(12,16-17-14)29-6-4-9(18-3-2-8(13)15-10(18)19)28-7(6)5-27-33(23,24)31-34(25,26)30-32(20,21)22/h4,7-9H,3,5H2,1-2H3,(H,24,25)(H,26,27)(H,15,19,20)(H2,21,22,23);2-3,6-7,9H,4-5H2,1H3,(H,23,24)(H,25,26)(H2,13,15,19)(H2,20,21,22)/t7?,8-,9-,12?;6?,7-,9-,11?/m11/s1. The van der Waals surface area contributed by atoms with E-state index in [1.54, 1.807) is 0 Å². The van der Waals surface area contributed by atoms with E-state index in [0.717, 1.165) is 29.2 Å². The van der Waals surface area contributed by atoms with Crippen molar-refractivity contribution < 1.29 is 121 Å². The molecule has 4 heterocycles. The monoisotopic (exact) mass is 1120 g/mol. The number of nitrogen functional groups attached to an aromatic ring is 1. The van der Waals surface area contributed by atoms with Crippen molar-refractivity contribution in [2.45, 2.75) is 82.4 Å². The van der Waals surface area contributed by atoms with Crippen molar-refractivity contribution in [3.63, 3.8) is 0 Å². The van der Waals surface area contributed by atoms with Gasteiger partial charge in [-0.05, 0) is 34.3 Å². The van der Waals surface area contributed by atoms with E-state index < -0.39 is 126 Å². The molecule has 2 fully saturated rings. The summed E-state index contributed by atoms with van der Waals surface area (Å²) in [5.74, 6) is -6.01. The number of phosphoric ester groups is 2. The van der Waals surface area contributed by atoms with E-state index in [1.807, 2.05) is 4.98 Å². The van der Waals surface area contributed by atoms with Gasteiger partial charge in [0, 0.05) is 54.5 Å². The molecule has 2 saturated heterocycles. The molecule has 2 aliphatic heterocycles. The number of hydrogen-bond acceptors (Lipinski definition) is 23. The average Bonchev–Trinajstić information content (AvgIpc) is 3.70. The van der Waals surface area contributed by atoms with Crippen LogP contribution in [0.2, 0.25) is 0 Å². The molecular formula is C23H37F2N11O27P6. The van der Waals surface area contributed by atoms with Gasteiger partial charge in [0.05, 0.1) is 25.4 Å². The van der Waals surface area contributed by atoms with E-state index in [9.17, 15) is 70.1 Å². The predicted octanol–water partition coefficient (Wildman–Crippen LogP) is 1.61. The van der Waals surface area contributed by atoms with Crippen molar-refractivity contribution in [2.75, 3.05) is 18.9 Å². The first kappa shape index (κ1) is 59.8. The van der Waals surface area contributed by atoms with Crippen LogP contribution in [-0.4, -0.2) is 108 Å². The number of nitrogens with zero attached hydrogens (tertiary/aromatic N) is 9. The molecule has 46 heteroatoms. The van der Waals surface area contributed by atoms with Gasteiger partial charge in [-0.2, -0.15) is 22.2 Å². The number of ether oxygens (including phenoxy) is 4. The molecule has 0 amide bonds. The molecule has 12 atom stereocenters. The Morgan fingerprint density at radius 2 is 1.17 bits per heavy atom. The van der Waals surface area contributed by atoms with E-state index >= 15 is 0 Å². The molecule has 4 rings (SSSR count). The number of rotatable bonds is 22. The molecule has 390 valence electrons. The highest BCUT2D eigenvalue weighted by Crippen LogP contribution is 2.67. The lowest BCUT2D eigenvalue weighted by Crippen LogP contribution is -2.35. The first-order chi connectivity index (χ1) is 31.2. The van der Waals surface area contributed by atoms with Crippen LogP contribution < -0.4 is 22.7 Å². The fourth-order valence-corrected chi connectivity index (χ4v) is 11.5. The number of nitrogens with one attached hydrogen (secondary N) is 1. The second-order valence-corrected chi connectivity index (χ2v) is 22.3. The van der Waals surface area contributed by atoms with Crippen LogP contribution in [-0.2, 0) is 72.6 Å². The lowest BCUT2D eigenvalue weighted by atomic mass is 10.2. The molecule has 11 N–H and O–H groups in total. The second-order valence-electron chi connectivity index (χ2n) is 13.5. The van der Waals surface area contributed by atoms with E-state index in [0.29, 0.717) is 0 Å². The van der Waals surface area contributed by atoms with E-state index in [-0.39, 0.29) is 24.2 Å². The topological polar surface area (TPSA) is 570 Å². The number of azide groups is 2. The van der Waals surface area contributed by atoms with Crippen molar-refractivity contribution in [3.05, 3.63) is 76.2 Å². The number of alkyl halides is 2. The molecular weight excluding hydrogens is 1090 g/mol. The van der Waals surface area contributed by atoms with Crippen LogP contribution in [0.5, 0.6) is 0 Å². The number of aryl methyl sites for hydroxylation is 1. The third-order valence-electron chi connectivity index (χ3n) is 7.79. The van der Waals surface area contributed by atoms with Crippen LogP contribution in [0.15, 0.2) is 43.1 Å². The summed E-state index contributed by atoms with van der Waals surface area (Å²) in [6, 6.07) is 1.24. The summed E-state index contributed by atoms with van der Waals surface area (Å²) < 4.78 is 143. The lowest BCUT2D eigenvalue weighted by molar-refractivity contribution is -0.179. The van der Waals surface area contributed by atoms with Gasteiger partial charge in [0.15, 0.2) is 0 Å². The number of aromatic amines is 1. The summed E-state index contributed by atoms with van der Waals surface area (Å²) in [5, 5.41) is 5.56. The molecule has 0 aliphatic carbocycles. The summed E-state index contributed by atoms with van der Waals surface area (Å²) in [6.07, 6.45) is -6.69. The molecule has 0 radical (unpaired) electrons. The number of anilines is 1. The predicted molar refractivity (Wildman–Crippen MR) is 213 cm³/mol. The Morgan fingerprint density at radius 1 is 0.768 bits per heavy atom. The molecule has 0 spiro atoms. The molecule has 2 aromatic rings. The number of nitrogens with two attached hydrogens (primary N) is 1. The summed E-state index contributed by atoms with van der Waals surface area (Å²) in [4.78, 5) is 118. The largest absolute Gasteiger partial charge is 0.490 e. The molecule has 38 nitrogen and oxygen atoms in total. The molecule has 0 saturated carbocycles. The van der Waals surface area contributed by atoms with Crippen LogP contribution in [0.25, 0.3) is 20.9 Å². The SMILES string of the molecule is CC(F)(N=[N+]=[N-])OC1C[C@H](n2ccc(N)nc2=O)O[C@@H]1COP(=O)(O)OP(=O)(O)OP(=O)(O)O.Cc1cn([C@H]2CC(OC(C)(F)N=[N+]=[N-])[C@@H](COP(=O)(O)OP(=O)(O)OP(=O)(O)O)O2)c(=O)[nH]c1=O. The minimum absolute atomic E-state index is 0.0896. The first-order valence-electron chi connectivity index (χ1n) is 17.7. The molecule has 0 aromatic carbocycles. The minimum Gasteiger partial charge on any atom is -0.383 e. The third kappa shape index (κ3) is 20.3. The Labute approximate surface area is 379 Å². The fraction of sp³-hybridized carbons (Fsp3) is 0.652. The highest BCUT2D eigenvalue weighted by atomic mass is 31.3. The number of aromatic nitrogens is 4. The number of hydrogen-bond donors (Lipinski definition) is 10. The van der Waals surface area contributed by atoms with E-state index in [2.05, 4.69) is 51.3 Å². The van der Waals surface area contributed by atoms with Gasteiger partial charge in [0.2, 0.25) is 0 Å². The van der Waals surface area contributed by atoms with Gasteiger partial charge in [0.1, 0.15) is 30.5 Å². The summed E-state index contributed by atoms with van der Waals surface area (Å²) in [7, 11) is -33.9. The Hall–Kier alpha value is -3.50. The van der Waals surface area contributed by atoms with Gasteiger partial charge in [-0.3, -0.25) is 28.0 Å². The van der Waals surface area contributed by atoms with Gasteiger partial charge in [-0.25, -0.2) is 45.8 Å². The zero-order chi connectivity index (χ0) is 52.8. The van der Waals surface area contributed by atoms with Crippen LogP contribution >= 0.6 is 46.9 Å². The van der Waals surface area contributed by atoms with Crippen molar-refractivity contribution >= 4 is 52.8 Å². The van der Waals surface area contributed by atoms with Crippen LogP contribution in [0, 0.1) is 6.92 Å². The number of phosphoric acid groups is 6. The molecule has 69 heavy (non-hydrogen) atoms. The van der Waals surface area contributed by atoms with Crippen molar-refractivity contribution in [1.29, 1.82) is 0 Å². The van der Waals surface area contributed by atoms with Gasteiger partial charge >= 0.3 is 58.3 Å². The van der Waals surface area contributed by atoms with E-state index in [4.69, 9.17) is 55.3 Å². The van der Waals surface area contributed by atoms with Gasteiger partial charge in [-0.1, -0.05) is 0 Å². The number of H-pyrrole nitrogens is 1. The van der Waals surface area contributed by atoms with Gasteiger partial charge in [0.25, 0.3) is 17.5 Å².